The zero-order valence-electron chi connectivity index (χ0n) is 6.85. The Morgan fingerprint density at radius 3 is 2.10 bits per heavy atom. The van der Waals surface area contributed by atoms with Gasteiger partial charge in [0.1, 0.15) is 0 Å². The third-order valence-corrected chi connectivity index (χ3v) is 1.40. The minimum atomic E-state index is -0.839. The summed E-state index contributed by atoms with van der Waals surface area (Å²) in [4.78, 5) is 10.7. The summed E-state index contributed by atoms with van der Waals surface area (Å²) < 4.78 is 0. The van der Waals surface area contributed by atoms with Crippen molar-refractivity contribution in [3.8, 4) is 0 Å². The van der Waals surface area contributed by atoms with Gasteiger partial charge in [-0.15, -0.1) is 0 Å². The van der Waals surface area contributed by atoms with Gasteiger partial charge in [0, 0.05) is 0 Å². The molecule has 0 aromatic heterocycles. The summed E-state index contributed by atoms with van der Waals surface area (Å²) in [5.41, 5.74) is 9.80. The second kappa shape index (κ2) is 3.01. The van der Waals surface area contributed by atoms with Crippen LogP contribution in [0.3, 0.4) is 0 Å². The number of carbonyl (C=O) groups excluding carboxylic acids is 1. The van der Waals surface area contributed by atoms with Crippen LogP contribution < -0.4 is 11.5 Å². The van der Waals surface area contributed by atoms with Crippen LogP contribution in [0.25, 0.3) is 0 Å². The highest BCUT2D eigenvalue weighted by atomic mass is 16.1. The topological polar surface area (TPSA) is 69.1 Å². The van der Waals surface area contributed by atoms with Crippen LogP contribution in [0.15, 0.2) is 0 Å². The fraction of sp³-hybridized carbons (Fsp3) is 0.857. The number of hydrogen-bond acceptors (Lipinski definition) is 2. The molecule has 3 nitrogen and oxygen atoms in total. The second-order valence-corrected chi connectivity index (χ2v) is 3.38. The summed E-state index contributed by atoms with van der Waals surface area (Å²) >= 11 is 0. The molecule has 0 aliphatic heterocycles. The molecule has 0 aromatic rings. The molecule has 0 rings (SSSR count). The second-order valence-electron chi connectivity index (χ2n) is 3.38. The third kappa shape index (κ3) is 2.82. The molecule has 10 heavy (non-hydrogen) atoms. The Morgan fingerprint density at radius 1 is 1.60 bits per heavy atom. The van der Waals surface area contributed by atoms with Crippen molar-refractivity contribution in [3.05, 3.63) is 0 Å². The van der Waals surface area contributed by atoms with E-state index < -0.39 is 11.4 Å². The molecule has 0 aromatic carbocycles. The molecule has 0 heterocycles. The summed E-state index contributed by atoms with van der Waals surface area (Å²) in [7, 11) is 0. The van der Waals surface area contributed by atoms with E-state index in [2.05, 4.69) is 0 Å². The third-order valence-electron chi connectivity index (χ3n) is 1.40. The lowest BCUT2D eigenvalue weighted by atomic mass is 9.91. The average molecular weight is 144 g/mol. The summed E-state index contributed by atoms with van der Waals surface area (Å²) in [6.07, 6.45) is 0.641. The molecule has 0 saturated heterocycles. The van der Waals surface area contributed by atoms with Gasteiger partial charge in [-0.2, -0.15) is 0 Å². The predicted molar refractivity (Wildman–Crippen MR) is 41.2 cm³/mol. The van der Waals surface area contributed by atoms with E-state index in [1.807, 2.05) is 13.8 Å². The van der Waals surface area contributed by atoms with Crippen molar-refractivity contribution in [1.29, 1.82) is 0 Å². The zero-order chi connectivity index (χ0) is 8.36. The number of nitrogens with two attached hydrogens (primary N) is 2. The number of carbonyl (C=O) groups is 1. The van der Waals surface area contributed by atoms with Gasteiger partial charge >= 0.3 is 0 Å². The van der Waals surface area contributed by atoms with E-state index >= 15 is 0 Å². The quantitative estimate of drug-likeness (QED) is 0.595. The van der Waals surface area contributed by atoms with E-state index in [-0.39, 0.29) is 0 Å². The highest BCUT2D eigenvalue weighted by Gasteiger charge is 2.26. The zero-order valence-corrected chi connectivity index (χ0v) is 6.85. The first-order valence-electron chi connectivity index (χ1n) is 3.45. The molecule has 0 radical (unpaired) electrons. The highest BCUT2D eigenvalue weighted by molar-refractivity contribution is 5.83. The van der Waals surface area contributed by atoms with Crippen LogP contribution in [0, 0.1) is 5.92 Å². The fourth-order valence-electron chi connectivity index (χ4n) is 0.949. The Hall–Kier alpha value is -0.570. The van der Waals surface area contributed by atoms with Crippen LogP contribution in [0.4, 0.5) is 0 Å². The van der Waals surface area contributed by atoms with Crippen LogP contribution in [0.2, 0.25) is 0 Å². The van der Waals surface area contributed by atoms with Crippen LogP contribution in [-0.2, 0) is 4.79 Å². The molecule has 0 spiro atoms. The molecule has 0 fully saturated rings. The van der Waals surface area contributed by atoms with Crippen LogP contribution in [-0.4, -0.2) is 11.4 Å². The summed E-state index contributed by atoms with van der Waals surface area (Å²) in [5, 5.41) is 0. The smallest absolute Gasteiger partial charge is 0.237 e. The molecule has 1 amide bonds. The van der Waals surface area contributed by atoms with Gasteiger partial charge < -0.3 is 11.5 Å². The molecule has 60 valence electrons. The van der Waals surface area contributed by atoms with Crippen molar-refractivity contribution in [3.63, 3.8) is 0 Å². The maximum atomic E-state index is 10.7. The molecule has 3 heteroatoms. The maximum Gasteiger partial charge on any atom is 0.237 e. The fourth-order valence-corrected chi connectivity index (χ4v) is 0.949. The van der Waals surface area contributed by atoms with Gasteiger partial charge in [0.15, 0.2) is 0 Å². The standard InChI is InChI=1S/C7H16N2O/c1-5(2)4-7(3,9)6(8)10/h5H,4,9H2,1-3H3,(H2,8,10)/t7-/m1/s1. The van der Waals surface area contributed by atoms with E-state index in [0.717, 1.165) is 0 Å². The monoisotopic (exact) mass is 144 g/mol. The molecule has 4 N–H and O–H groups in total. The van der Waals surface area contributed by atoms with E-state index in [0.29, 0.717) is 12.3 Å². The maximum absolute atomic E-state index is 10.7. The van der Waals surface area contributed by atoms with Crippen LogP contribution in [0.1, 0.15) is 27.2 Å². The minimum absolute atomic E-state index is 0.405. The van der Waals surface area contributed by atoms with Gasteiger partial charge in [0.25, 0.3) is 0 Å². The molecular formula is C7H16N2O. The van der Waals surface area contributed by atoms with Gasteiger partial charge in [-0.05, 0) is 19.3 Å². The van der Waals surface area contributed by atoms with Gasteiger partial charge in [-0.25, -0.2) is 0 Å². The van der Waals surface area contributed by atoms with E-state index in [1.165, 1.54) is 0 Å². The number of amides is 1. The molecule has 0 aliphatic rings. The van der Waals surface area contributed by atoms with Crippen molar-refractivity contribution < 1.29 is 4.79 Å². The lowest BCUT2D eigenvalue weighted by Gasteiger charge is -2.22. The van der Waals surface area contributed by atoms with Gasteiger partial charge in [0.05, 0.1) is 5.54 Å². The number of hydrogen-bond donors (Lipinski definition) is 2. The van der Waals surface area contributed by atoms with Crippen molar-refractivity contribution in [2.45, 2.75) is 32.7 Å². The predicted octanol–water partition coefficient (Wildman–Crippen LogP) is 0.235. The van der Waals surface area contributed by atoms with E-state index in [4.69, 9.17) is 11.5 Å². The molecular weight excluding hydrogens is 128 g/mol. The Bertz CT molecular complexity index is 130. The van der Waals surface area contributed by atoms with E-state index in [1.54, 1.807) is 6.92 Å². The first kappa shape index (κ1) is 9.43. The lowest BCUT2D eigenvalue weighted by Crippen LogP contribution is -2.50. The normalized spacial score (nSPS) is 16.9. The Balaban J connectivity index is 4.00. The number of primary amides is 1. The summed E-state index contributed by atoms with van der Waals surface area (Å²) in [6, 6.07) is 0. The molecule has 0 bridgehead atoms. The van der Waals surface area contributed by atoms with Gasteiger partial charge in [-0.1, -0.05) is 13.8 Å². The Morgan fingerprint density at radius 2 is 2.00 bits per heavy atom. The summed E-state index contributed by atoms with van der Waals surface area (Å²) in [6.45, 7) is 5.68. The van der Waals surface area contributed by atoms with Crippen molar-refractivity contribution in [2.24, 2.45) is 17.4 Å². The van der Waals surface area contributed by atoms with Crippen molar-refractivity contribution in [2.75, 3.05) is 0 Å². The SMILES string of the molecule is CC(C)C[C@@](C)(N)C(N)=O. The van der Waals surface area contributed by atoms with Gasteiger partial charge in [-0.3, -0.25) is 4.79 Å². The number of rotatable bonds is 3. The first-order valence-corrected chi connectivity index (χ1v) is 3.45. The average Bonchev–Trinajstić information content (AvgIpc) is 1.60. The molecule has 0 aliphatic carbocycles. The Kier molecular flexibility index (Phi) is 2.84. The lowest BCUT2D eigenvalue weighted by molar-refractivity contribution is -0.123. The van der Waals surface area contributed by atoms with Crippen molar-refractivity contribution >= 4 is 5.91 Å². The largest absolute Gasteiger partial charge is 0.368 e. The Labute approximate surface area is 61.8 Å². The minimum Gasteiger partial charge on any atom is -0.368 e. The van der Waals surface area contributed by atoms with Gasteiger partial charge in [0.2, 0.25) is 5.91 Å². The summed E-state index contributed by atoms with van der Waals surface area (Å²) in [5.74, 6) is -0.0244. The van der Waals surface area contributed by atoms with E-state index in [9.17, 15) is 4.79 Å². The highest BCUT2D eigenvalue weighted by Crippen LogP contribution is 2.12. The van der Waals surface area contributed by atoms with Crippen molar-refractivity contribution in [1.82, 2.24) is 0 Å². The molecule has 0 saturated carbocycles. The van der Waals surface area contributed by atoms with Crippen LogP contribution >= 0.6 is 0 Å². The molecule has 0 unspecified atom stereocenters. The van der Waals surface area contributed by atoms with Crippen LogP contribution in [0.5, 0.6) is 0 Å². The first-order chi connectivity index (χ1) is 4.36. The molecule has 1 atom stereocenters.